The summed E-state index contributed by atoms with van der Waals surface area (Å²) in [6, 6.07) is 8.27. The number of nitrogens with zero attached hydrogens (tertiary/aromatic N) is 3. The van der Waals surface area contributed by atoms with Gasteiger partial charge in [0, 0.05) is 30.3 Å². The minimum atomic E-state index is -1.28. The van der Waals surface area contributed by atoms with Crippen molar-refractivity contribution in [3.63, 3.8) is 0 Å². The van der Waals surface area contributed by atoms with Crippen LogP contribution in [0.2, 0.25) is 0 Å². The van der Waals surface area contributed by atoms with Gasteiger partial charge in [-0.15, -0.1) is 0 Å². The third-order valence-electron chi connectivity index (χ3n) is 4.68. The van der Waals surface area contributed by atoms with Crippen LogP contribution in [-0.4, -0.2) is 43.1 Å². The van der Waals surface area contributed by atoms with Crippen molar-refractivity contribution in [1.29, 1.82) is 0 Å². The van der Waals surface area contributed by atoms with Crippen molar-refractivity contribution in [3.05, 3.63) is 64.0 Å². The molecule has 2 aromatic heterocycles. The summed E-state index contributed by atoms with van der Waals surface area (Å²) in [6.45, 7) is 6.92. The zero-order chi connectivity index (χ0) is 23.6. The van der Waals surface area contributed by atoms with Crippen molar-refractivity contribution in [1.82, 2.24) is 14.7 Å². The second kappa shape index (κ2) is 8.66. The van der Waals surface area contributed by atoms with E-state index in [-0.39, 0.29) is 12.1 Å². The van der Waals surface area contributed by atoms with Gasteiger partial charge in [0.05, 0.1) is 16.3 Å². The lowest BCUT2D eigenvalue weighted by Gasteiger charge is -2.22. The van der Waals surface area contributed by atoms with Crippen molar-refractivity contribution < 1.29 is 24.4 Å². The number of carbonyl (C=O) groups is 2. The van der Waals surface area contributed by atoms with Crippen LogP contribution in [0.1, 0.15) is 32.0 Å². The number of non-ortho nitro benzene ring substituents is 1. The highest BCUT2D eigenvalue weighted by Crippen LogP contribution is 2.28. The maximum absolute atomic E-state index is 12.2. The molecule has 0 aliphatic rings. The van der Waals surface area contributed by atoms with Gasteiger partial charge < -0.3 is 19.6 Å². The molecule has 1 unspecified atom stereocenters. The third-order valence-corrected chi connectivity index (χ3v) is 4.68. The minimum absolute atomic E-state index is 0.0646. The number of aliphatic carboxylic acids is 1. The van der Waals surface area contributed by atoms with Crippen LogP contribution in [-0.2, 0) is 16.0 Å². The zero-order valence-electron chi connectivity index (χ0n) is 18.2. The van der Waals surface area contributed by atoms with E-state index in [0.717, 1.165) is 5.56 Å². The fraction of sp³-hybridized carbons (Fsp3) is 0.318. The van der Waals surface area contributed by atoms with E-state index in [9.17, 15) is 24.8 Å². The number of aryl methyl sites for hydroxylation is 1. The number of nitrogens with one attached hydrogen (secondary N) is 1. The van der Waals surface area contributed by atoms with Crippen molar-refractivity contribution in [2.75, 3.05) is 0 Å². The Morgan fingerprint density at radius 2 is 1.91 bits per heavy atom. The number of fused-ring (bicyclic) bond motifs is 1. The highest BCUT2D eigenvalue weighted by Gasteiger charge is 2.27. The molecule has 1 atom stereocenters. The maximum Gasteiger partial charge on any atom is 0.408 e. The number of nitro benzene ring substituents is 1. The van der Waals surface area contributed by atoms with Gasteiger partial charge in [-0.25, -0.2) is 14.6 Å². The van der Waals surface area contributed by atoms with Gasteiger partial charge >= 0.3 is 12.1 Å². The molecule has 0 radical (unpaired) electrons. The molecule has 0 aliphatic carbocycles. The number of imidazole rings is 1. The molecule has 168 valence electrons. The maximum atomic E-state index is 12.2. The SMILES string of the molecule is Cc1cccn2c(CC(NC(=O)OC(C)(C)C)C(=O)O)c(-c3ccc([N+](=O)[O-])cc3)nc12. The largest absolute Gasteiger partial charge is 0.480 e. The molecule has 10 heteroatoms. The first-order valence-corrected chi connectivity index (χ1v) is 9.90. The first-order valence-electron chi connectivity index (χ1n) is 9.90. The molecule has 32 heavy (non-hydrogen) atoms. The number of carbonyl (C=O) groups excluding carboxylic acids is 1. The molecule has 3 aromatic rings. The van der Waals surface area contributed by atoms with E-state index in [1.54, 1.807) is 43.5 Å². The molecule has 2 N–H and O–H groups in total. The molecule has 0 saturated heterocycles. The lowest BCUT2D eigenvalue weighted by molar-refractivity contribution is -0.384. The van der Waals surface area contributed by atoms with Gasteiger partial charge in [0.25, 0.3) is 5.69 Å². The van der Waals surface area contributed by atoms with E-state index in [0.29, 0.717) is 22.6 Å². The van der Waals surface area contributed by atoms with Crippen LogP contribution in [0.25, 0.3) is 16.9 Å². The summed E-state index contributed by atoms with van der Waals surface area (Å²) >= 11 is 0. The second-order valence-corrected chi connectivity index (χ2v) is 8.34. The van der Waals surface area contributed by atoms with Crippen LogP contribution >= 0.6 is 0 Å². The van der Waals surface area contributed by atoms with Crippen LogP contribution in [0, 0.1) is 17.0 Å². The summed E-state index contributed by atoms with van der Waals surface area (Å²) in [5.41, 5.74) is 2.26. The van der Waals surface area contributed by atoms with Crippen LogP contribution < -0.4 is 5.32 Å². The molecule has 3 rings (SSSR count). The first kappa shape index (κ1) is 22.7. The summed E-state index contributed by atoms with van der Waals surface area (Å²) < 4.78 is 6.96. The molecular weight excluding hydrogens is 416 g/mol. The van der Waals surface area contributed by atoms with Gasteiger partial charge in [-0.1, -0.05) is 6.07 Å². The Morgan fingerprint density at radius 3 is 2.47 bits per heavy atom. The fourth-order valence-corrected chi connectivity index (χ4v) is 3.26. The van der Waals surface area contributed by atoms with Crippen LogP contribution in [0.4, 0.5) is 10.5 Å². The number of benzene rings is 1. The Labute approximate surface area is 184 Å². The number of ether oxygens (including phenoxy) is 1. The first-order chi connectivity index (χ1) is 15.0. The Balaban J connectivity index is 2.04. The van der Waals surface area contributed by atoms with Gasteiger partial charge in [0.15, 0.2) is 0 Å². The quantitative estimate of drug-likeness (QED) is 0.440. The Kier molecular flexibility index (Phi) is 6.15. The lowest BCUT2D eigenvalue weighted by Crippen LogP contribution is -2.44. The fourth-order valence-electron chi connectivity index (χ4n) is 3.26. The standard InChI is InChI=1S/C22H24N4O6/c1-13-6-5-11-25-17(12-16(20(27)28)23-21(29)32-22(2,3)4)18(24-19(13)25)14-7-9-15(10-8-14)26(30)31/h5-11,16H,12H2,1-4H3,(H,23,29)(H,27,28). The van der Waals surface area contributed by atoms with Crippen molar-refractivity contribution in [2.24, 2.45) is 0 Å². The predicted octanol–water partition coefficient (Wildman–Crippen LogP) is 3.74. The van der Waals surface area contributed by atoms with Gasteiger partial charge in [-0.3, -0.25) is 10.1 Å². The highest BCUT2D eigenvalue weighted by molar-refractivity contribution is 5.81. The van der Waals surface area contributed by atoms with Crippen molar-refractivity contribution in [2.45, 2.75) is 45.8 Å². The average Bonchev–Trinajstić information content (AvgIpc) is 3.06. The summed E-state index contributed by atoms with van der Waals surface area (Å²) in [5, 5.41) is 23.1. The van der Waals surface area contributed by atoms with Crippen molar-refractivity contribution in [3.8, 4) is 11.3 Å². The van der Waals surface area contributed by atoms with Gasteiger partial charge in [0.1, 0.15) is 17.3 Å². The topological polar surface area (TPSA) is 136 Å². The number of rotatable bonds is 6. The number of amides is 1. The zero-order valence-corrected chi connectivity index (χ0v) is 18.2. The number of carboxylic acid groups (broad SMARTS) is 1. The number of aromatic nitrogens is 2. The average molecular weight is 440 g/mol. The molecule has 0 spiro atoms. The molecule has 2 heterocycles. The van der Waals surface area contributed by atoms with E-state index in [2.05, 4.69) is 10.3 Å². The van der Waals surface area contributed by atoms with Crippen LogP contribution in [0.3, 0.4) is 0 Å². The molecule has 10 nitrogen and oxygen atoms in total. The number of nitro groups is 1. The molecule has 0 saturated carbocycles. The van der Waals surface area contributed by atoms with Gasteiger partial charge in [0.2, 0.25) is 0 Å². The Bertz CT molecular complexity index is 1180. The second-order valence-electron chi connectivity index (χ2n) is 8.34. The van der Waals surface area contributed by atoms with E-state index < -0.39 is 28.6 Å². The van der Waals surface area contributed by atoms with Gasteiger partial charge in [-0.2, -0.15) is 0 Å². The molecular formula is C22H24N4O6. The third kappa shape index (κ3) is 5.02. The Morgan fingerprint density at radius 1 is 1.25 bits per heavy atom. The molecule has 0 bridgehead atoms. The number of alkyl carbamates (subject to hydrolysis) is 1. The number of hydrogen-bond acceptors (Lipinski definition) is 6. The Hall–Kier alpha value is -3.95. The normalized spacial score (nSPS) is 12.4. The lowest BCUT2D eigenvalue weighted by atomic mass is 10.0. The number of pyridine rings is 1. The van der Waals surface area contributed by atoms with E-state index in [1.807, 2.05) is 19.1 Å². The smallest absolute Gasteiger partial charge is 0.408 e. The van der Waals surface area contributed by atoms with E-state index >= 15 is 0 Å². The summed E-state index contributed by atoms with van der Waals surface area (Å²) in [6.07, 6.45) is 0.837. The number of hydrogen-bond donors (Lipinski definition) is 2. The highest BCUT2D eigenvalue weighted by atomic mass is 16.6. The van der Waals surface area contributed by atoms with E-state index in [4.69, 9.17) is 4.74 Å². The monoisotopic (exact) mass is 440 g/mol. The molecule has 0 aliphatic heterocycles. The number of carboxylic acids is 1. The molecule has 0 fully saturated rings. The predicted molar refractivity (Wildman–Crippen MR) is 117 cm³/mol. The van der Waals surface area contributed by atoms with Gasteiger partial charge in [-0.05, 0) is 51.5 Å². The molecule has 1 amide bonds. The summed E-state index contributed by atoms with van der Waals surface area (Å²) in [5.74, 6) is -1.23. The minimum Gasteiger partial charge on any atom is -0.480 e. The van der Waals surface area contributed by atoms with Crippen LogP contribution in [0.5, 0.6) is 0 Å². The van der Waals surface area contributed by atoms with E-state index in [1.165, 1.54) is 12.1 Å². The summed E-state index contributed by atoms with van der Waals surface area (Å²) in [4.78, 5) is 39.3. The molecule has 1 aromatic carbocycles. The summed E-state index contributed by atoms with van der Waals surface area (Å²) in [7, 11) is 0. The van der Waals surface area contributed by atoms with Crippen molar-refractivity contribution >= 4 is 23.4 Å². The van der Waals surface area contributed by atoms with Crippen LogP contribution in [0.15, 0.2) is 42.6 Å².